The number of hydrogen-bond donors (Lipinski definition) is 0. The molecule has 4 nitrogen and oxygen atoms in total. The fourth-order valence-electron chi connectivity index (χ4n) is 21.2. The Kier molecular flexibility index (Phi) is 14.9. The van der Waals surface area contributed by atoms with Gasteiger partial charge in [-0.25, -0.2) is 0 Å². The topological polar surface area (TPSA) is 16.3 Å². The van der Waals surface area contributed by atoms with E-state index in [0.717, 1.165) is 78.9 Å². The number of nitrogens with zero attached hydrogens (tertiary/aromatic N) is 4. The van der Waals surface area contributed by atoms with E-state index >= 15 is 0 Å². The van der Waals surface area contributed by atoms with Crippen molar-refractivity contribution < 1.29 is 0 Å². The van der Waals surface area contributed by atoms with Crippen LogP contribution in [0.2, 0.25) is 0 Å². The molecule has 0 fully saturated rings. The first-order valence-corrected chi connectivity index (χ1v) is 42.8. The van der Waals surface area contributed by atoms with E-state index in [-0.39, 0.29) is 33.8 Å². The fourth-order valence-corrected chi connectivity index (χ4v) is 21.2. The van der Waals surface area contributed by atoms with Gasteiger partial charge in [-0.1, -0.05) is 347 Å². The summed E-state index contributed by atoms with van der Waals surface area (Å²) in [4.78, 5) is 5.56. The Morgan fingerprint density at radius 1 is 0.218 bits per heavy atom. The minimum absolute atomic E-state index is 0.0596. The molecule has 23 rings (SSSR count). The minimum Gasteiger partial charge on any atom is -0.310 e. The fraction of sp³-hybridized carbons (Fsp3) is 0.175. The van der Waals surface area contributed by atoms with Crippen LogP contribution in [0.15, 0.2) is 303 Å². The van der Waals surface area contributed by atoms with Crippen molar-refractivity contribution >= 4 is 165 Å². The number of anilines is 6. The molecule has 574 valence electrons. The zero-order valence-electron chi connectivity index (χ0n) is 70.7. The van der Waals surface area contributed by atoms with Crippen LogP contribution in [0.4, 0.5) is 34.1 Å². The van der Waals surface area contributed by atoms with Gasteiger partial charge in [0.25, 0.3) is 6.71 Å². The highest BCUT2D eigenvalue weighted by atomic mass is 15.2. The minimum atomic E-state index is -0.363. The standard InChI is InChI=1S/C114H95BN4/c1-110(2,3)74-48-40-66(41-49-74)81-32-22-34-83(72-28-16-30-76(60-72)112(7,8)9)108(81)118-95-64-79(116-91-56-44-68-24-18-36-85-86-37-19-25-69-45-57-92(116)104(100(69)86)103(91)99(68)85)52-54-89(95)115-90-55-53-80(117-93-58-46-70-26-20-38-87-88-39-21-27-71-47-59-94(117)106(102(71)88)105(93)101(70)87)65-96(90)119(98-63-78(114(13,14)15)62-97(118)107(98)115)109-82(67-42-50-75(51-43-67)111(4,5)6)33-23-35-84(109)73-29-17-31-77(61-73)113(10,11)12/h16-65H,1-15H3. The number of fused-ring (bicyclic) bond motifs is 6. The average molecular weight is 1530 g/mol. The Hall–Kier alpha value is -13.0. The highest BCUT2D eigenvalue weighted by Gasteiger charge is 2.47. The third-order valence-electron chi connectivity index (χ3n) is 27.3. The van der Waals surface area contributed by atoms with Gasteiger partial charge >= 0.3 is 0 Å². The van der Waals surface area contributed by atoms with E-state index in [2.05, 4.69) is 426 Å². The van der Waals surface area contributed by atoms with E-state index in [1.165, 1.54) is 164 Å². The quantitative estimate of drug-likeness (QED) is 0.0856. The van der Waals surface area contributed by atoms with Gasteiger partial charge in [-0.15, -0.1) is 0 Å². The molecule has 0 saturated heterocycles. The van der Waals surface area contributed by atoms with Gasteiger partial charge in [0.15, 0.2) is 0 Å². The highest BCUT2D eigenvalue weighted by Crippen LogP contribution is 2.57. The summed E-state index contributed by atoms with van der Waals surface area (Å²) in [6.07, 6.45) is 0. The molecule has 4 heterocycles. The molecular weight excluding hydrogens is 1440 g/mol. The van der Waals surface area contributed by atoms with E-state index in [1.807, 2.05) is 0 Å². The SMILES string of the molecule is CC(C)(C)c1ccc(-c2cccc(-c3cccc(C(C)(C)C)c3)c2N2c3cc(-n4c5ccc6cccc7c8cccc9ccc4c(c98)c5c67)ccc3B3c4ccc(-n5c6ccc7cccc8c9cccc%10ccc5c(c%109)c6c78)cc4N(c4c(-c5ccc(C(C)(C)C)cc5)cccc4-c4cccc(C(C)(C)C)c4)c4cc(C(C)(C)C)cc2c43)cc1. The molecule has 2 aliphatic heterocycles. The summed E-state index contributed by atoms with van der Waals surface area (Å²) in [5, 5.41) is 20.8. The van der Waals surface area contributed by atoms with Crippen molar-refractivity contribution in [2.75, 3.05) is 9.80 Å². The molecule has 0 saturated carbocycles. The van der Waals surface area contributed by atoms with Gasteiger partial charge in [-0.05, 0) is 219 Å². The number of aromatic nitrogens is 2. The van der Waals surface area contributed by atoms with Crippen molar-refractivity contribution in [3.8, 4) is 55.9 Å². The third-order valence-corrected chi connectivity index (χ3v) is 27.3. The number of benzene rings is 19. The number of rotatable bonds is 8. The molecule has 0 radical (unpaired) electrons. The zero-order chi connectivity index (χ0) is 81.1. The molecule has 19 aromatic carbocycles. The number of hydrogen-bond acceptors (Lipinski definition) is 2. The second-order valence-corrected chi connectivity index (χ2v) is 39.6. The maximum Gasteiger partial charge on any atom is 0.252 e. The van der Waals surface area contributed by atoms with E-state index in [0.29, 0.717) is 0 Å². The summed E-state index contributed by atoms with van der Waals surface area (Å²) in [6, 6.07) is 120. The maximum absolute atomic E-state index is 2.78. The lowest BCUT2D eigenvalue weighted by Gasteiger charge is -2.46. The van der Waals surface area contributed by atoms with Crippen LogP contribution in [0.5, 0.6) is 0 Å². The van der Waals surface area contributed by atoms with Crippen LogP contribution < -0.4 is 26.2 Å². The Labute approximate surface area is 697 Å². The summed E-state index contributed by atoms with van der Waals surface area (Å²) in [7, 11) is 0. The van der Waals surface area contributed by atoms with Gasteiger partial charge in [0.05, 0.1) is 33.4 Å². The molecule has 119 heavy (non-hydrogen) atoms. The molecule has 0 N–H and O–H groups in total. The van der Waals surface area contributed by atoms with Crippen LogP contribution >= 0.6 is 0 Å². The lowest BCUT2D eigenvalue weighted by molar-refractivity contribution is 0.590. The van der Waals surface area contributed by atoms with Crippen molar-refractivity contribution in [1.29, 1.82) is 0 Å². The first-order valence-electron chi connectivity index (χ1n) is 42.8. The molecule has 2 aliphatic rings. The van der Waals surface area contributed by atoms with E-state index in [4.69, 9.17) is 0 Å². The monoisotopic (exact) mass is 1530 g/mol. The average Bonchev–Trinajstić information content (AvgIpc) is 1.68. The van der Waals surface area contributed by atoms with Crippen molar-refractivity contribution in [1.82, 2.24) is 9.13 Å². The largest absolute Gasteiger partial charge is 0.310 e. The van der Waals surface area contributed by atoms with Crippen LogP contribution in [-0.4, -0.2) is 15.8 Å². The van der Waals surface area contributed by atoms with Crippen molar-refractivity contribution in [3.63, 3.8) is 0 Å². The molecule has 0 atom stereocenters. The second kappa shape index (κ2) is 24.8. The molecular formula is C114H95BN4. The first-order chi connectivity index (χ1) is 57.2. The second-order valence-electron chi connectivity index (χ2n) is 39.6. The molecule has 0 aliphatic carbocycles. The van der Waals surface area contributed by atoms with Gasteiger partial charge in [0.2, 0.25) is 0 Å². The molecule has 0 bridgehead atoms. The Morgan fingerprint density at radius 2 is 0.521 bits per heavy atom. The Balaban J connectivity index is 0.887. The third kappa shape index (κ3) is 10.4. The lowest BCUT2D eigenvalue weighted by Crippen LogP contribution is -2.61. The van der Waals surface area contributed by atoms with Gasteiger partial charge < -0.3 is 18.9 Å². The zero-order valence-corrected chi connectivity index (χ0v) is 70.7. The van der Waals surface area contributed by atoms with Gasteiger partial charge in [0, 0.05) is 77.9 Å². The molecule has 0 spiro atoms. The van der Waals surface area contributed by atoms with E-state index in [1.54, 1.807) is 0 Å². The van der Waals surface area contributed by atoms with Crippen molar-refractivity contribution in [3.05, 3.63) is 331 Å². The van der Waals surface area contributed by atoms with E-state index in [9.17, 15) is 0 Å². The van der Waals surface area contributed by atoms with Gasteiger partial charge in [-0.3, -0.25) is 0 Å². The van der Waals surface area contributed by atoms with Crippen LogP contribution in [0.1, 0.15) is 132 Å². The van der Waals surface area contributed by atoms with Crippen LogP contribution in [0, 0.1) is 0 Å². The van der Waals surface area contributed by atoms with Crippen molar-refractivity contribution in [2.24, 2.45) is 0 Å². The summed E-state index contributed by atoms with van der Waals surface area (Å²) >= 11 is 0. The Morgan fingerprint density at radius 3 is 0.840 bits per heavy atom. The van der Waals surface area contributed by atoms with E-state index < -0.39 is 0 Å². The summed E-state index contributed by atoms with van der Waals surface area (Å²) in [6.45, 7) is 35.1. The summed E-state index contributed by atoms with van der Waals surface area (Å²) in [5.74, 6) is 0. The van der Waals surface area contributed by atoms with Crippen LogP contribution in [-0.2, 0) is 27.1 Å². The molecule has 5 heteroatoms. The predicted octanol–water partition coefficient (Wildman–Crippen LogP) is 29.8. The number of para-hydroxylation sites is 2. The molecule has 21 aromatic rings. The molecule has 0 unspecified atom stereocenters. The van der Waals surface area contributed by atoms with Crippen LogP contribution in [0.25, 0.3) is 164 Å². The van der Waals surface area contributed by atoms with Gasteiger partial charge in [-0.2, -0.15) is 0 Å². The molecule has 2 aromatic heterocycles. The lowest BCUT2D eigenvalue weighted by atomic mass is 9.33. The maximum atomic E-state index is 2.78. The Bertz CT molecular complexity index is 7140. The summed E-state index contributed by atoms with van der Waals surface area (Å²) < 4.78 is 5.23. The smallest absolute Gasteiger partial charge is 0.252 e. The molecule has 0 amide bonds. The summed E-state index contributed by atoms with van der Waals surface area (Å²) in [5.41, 5.74) is 32.7. The normalized spacial score (nSPS) is 13.6. The highest BCUT2D eigenvalue weighted by molar-refractivity contribution is 7.00. The van der Waals surface area contributed by atoms with Crippen LogP contribution in [0.3, 0.4) is 0 Å². The first kappa shape index (κ1) is 71.4. The predicted molar refractivity (Wildman–Crippen MR) is 514 cm³/mol. The van der Waals surface area contributed by atoms with Crippen molar-refractivity contribution in [2.45, 2.75) is 131 Å². The van der Waals surface area contributed by atoms with Gasteiger partial charge in [0.1, 0.15) is 0 Å².